The van der Waals surface area contributed by atoms with Crippen molar-refractivity contribution < 1.29 is 14.7 Å². The third kappa shape index (κ3) is 4.49. The molecular formula is C14H26N2O3. The van der Waals surface area contributed by atoms with Crippen LogP contribution in [-0.2, 0) is 9.59 Å². The van der Waals surface area contributed by atoms with E-state index in [-0.39, 0.29) is 36.3 Å². The highest BCUT2D eigenvalue weighted by atomic mass is 16.3. The highest BCUT2D eigenvalue weighted by Crippen LogP contribution is 2.19. The van der Waals surface area contributed by atoms with E-state index in [1.54, 1.807) is 0 Å². The van der Waals surface area contributed by atoms with E-state index in [9.17, 15) is 9.59 Å². The van der Waals surface area contributed by atoms with Crippen molar-refractivity contribution in [3.05, 3.63) is 0 Å². The molecule has 1 atom stereocenters. The highest BCUT2D eigenvalue weighted by Gasteiger charge is 2.28. The van der Waals surface area contributed by atoms with E-state index >= 15 is 0 Å². The van der Waals surface area contributed by atoms with Crippen molar-refractivity contribution in [1.29, 1.82) is 0 Å². The van der Waals surface area contributed by atoms with Gasteiger partial charge in [0, 0.05) is 24.9 Å². The van der Waals surface area contributed by atoms with Crippen LogP contribution >= 0.6 is 0 Å². The van der Waals surface area contributed by atoms with Gasteiger partial charge in [-0.25, -0.2) is 0 Å². The molecule has 0 saturated carbocycles. The number of nitrogens with zero attached hydrogens (tertiary/aromatic N) is 1. The third-order valence-corrected chi connectivity index (χ3v) is 3.73. The van der Waals surface area contributed by atoms with Crippen molar-refractivity contribution in [2.75, 3.05) is 19.7 Å². The molecule has 1 aliphatic rings. The third-order valence-electron chi connectivity index (χ3n) is 3.73. The zero-order valence-corrected chi connectivity index (χ0v) is 12.2. The number of nitrogens with one attached hydrogen (secondary N) is 1. The predicted octanol–water partition coefficient (Wildman–Crippen LogP) is 0.768. The minimum Gasteiger partial charge on any atom is -0.394 e. The fraction of sp³-hybridized carbons (Fsp3) is 0.857. The minimum atomic E-state index is -0.150. The number of carbonyl (C=O) groups excluding carboxylic acids is 2. The fourth-order valence-electron chi connectivity index (χ4n) is 2.32. The van der Waals surface area contributed by atoms with Gasteiger partial charge in [0.05, 0.1) is 12.6 Å². The molecule has 0 radical (unpaired) electrons. The van der Waals surface area contributed by atoms with Crippen LogP contribution in [0.2, 0.25) is 0 Å². The van der Waals surface area contributed by atoms with Gasteiger partial charge in [-0.15, -0.1) is 0 Å². The average molecular weight is 270 g/mol. The fourth-order valence-corrected chi connectivity index (χ4v) is 2.32. The molecule has 1 rings (SSSR count). The molecule has 1 aliphatic heterocycles. The topological polar surface area (TPSA) is 69.6 Å². The molecule has 0 aromatic carbocycles. The van der Waals surface area contributed by atoms with E-state index in [1.807, 2.05) is 25.7 Å². The summed E-state index contributed by atoms with van der Waals surface area (Å²) in [4.78, 5) is 25.7. The lowest BCUT2D eigenvalue weighted by molar-refractivity contribution is -0.138. The van der Waals surface area contributed by atoms with Crippen LogP contribution < -0.4 is 5.32 Å². The zero-order valence-electron chi connectivity index (χ0n) is 12.2. The standard InChI is InChI=1S/C14H26N2O3/c1-4-12(9-17)15-13(18)11-5-7-16(8-6-11)14(19)10(2)3/h10-12,17H,4-9H2,1-3H3,(H,15,18)/t12-/m1/s1. The molecule has 5 nitrogen and oxygen atoms in total. The lowest BCUT2D eigenvalue weighted by Gasteiger charge is -2.33. The molecule has 0 bridgehead atoms. The largest absolute Gasteiger partial charge is 0.394 e. The Balaban J connectivity index is 2.41. The van der Waals surface area contributed by atoms with E-state index in [4.69, 9.17) is 5.11 Å². The van der Waals surface area contributed by atoms with E-state index < -0.39 is 0 Å². The summed E-state index contributed by atoms with van der Waals surface area (Å²) in [6, 6.07) is -0.150. The number of amides is 2. The molecule has 0 aromatic rings. The van der Waals surface area contributed by atoms with Gasteiger partial charge in [0.15, 0.2) is 0 Å². The lowest BCUT2D eigenvalue weighted by Crippen LogP contribution is -2.46. The van der Waals surface area contributed by atoms with Gasteiger partial charge in [-0.2, -0.15) is 0 Å². The number of aliphatic hydroxyl groups excluding tert-OH is 1. The number of likely N-dealkylation sites (tertiary alicyclic amines) is 1. The number of aliphatic hydroxyl groups is 1. The molecule has 5 heteroatoms. The average Bonchev–Trinajstić information content (AvgIpc) is 2.43. The SMILES string of the molecule is CC[C@H](CO)NC(=O)C1CCN(C(=O)C(C)C)CC1. The van der Waals surface area contributed by atoms with Gasteiger partial charge in [-0.1, -0.05) is 20.8 Å². The van der Waals surface area contributed by atoms with Crippen molar-refractivity contribution in [2.24, 2.45) is 11.8 Å². The molecule has 2 amide bonds. The van der Waals surface area contributed by atoms with Crippen molar-refractivity contribution in [3.8, 4) is 0 Å². The van der Waals surface area contributed by atoms with Gasteiger partial charge in [0.2, 0.25) is 11.8 Å². The molecule has 0 spiro atoms. The van der Waals surface area contributed by atoms with E-state index in [0.717, 1.165) is 6.42 Å². The summed E-state index contributed by atoms with van der Waals surface area (Å²) >= 11 is 0. The van der Waals surface area contributed by atoms with Crippen LogP contribution in [0.25, 0.3) is 0 Å². The zero-order chi connectivity index (χ0) is 14.4. The maximum Gasteiger partial charge on any atom is 0.225 e. The maximum absolute atomic E-state index is 12.0. The highest BCUT2D eigenvalue weighted by molar-refractivity contribution is 5.80. The van der Waals surface area contributed by atoms with Crippen LogP contribution in [0.5, 0.6) is 0 Å². The number of carbonyl (C=O) groups is 2. The lowest BCUT2D eigenvalue weighted by atomic mass is 9.94. The molecule has 1 fully saturated rings. The summed E-state index contributed by atoms with van der Waals surface area (Å²) in [7, 11) is 0. The van der Waals surface area contributed by atoms with Crippen LogP contribution in [0.15, 0.2) is 0 Å². The van der Waals surface area contributed by atoms with Gasteiger partial charge in [-0.3, -0.25) is 9.59 Å². The molecule has 1 saturated heterocycles. The summed E-state index contributed by atoms with van der Waals surface area (Å²) in [6.45, 7) is 7.02. The van der Waals surface area contributed by atoms with Crippen molar-refractivity contribution in [1.82, 2.24) is 10.2 Å². The number of hydrogen-bond acceptors (Lipinski definition) is 3. The quantitative estimate of drug-likeness (QED) is 0.775. The van der Waals surface area contributed by atoms with E-state index in [2.05, 4.69) is 5.32 Å². The molecule has 0 aliphatic carbocycles. The Kier molecular flexibility index (Phi) is 6.28. The Hall–Kier alpha value is -1.10. The molecule has 0 aromatic heterocycles. The minimum absolute atomic E-state index is 0.0116. The van der Waals surface area contributed by atoms with Crippen LogP contribution in [-0.4, -0.2) is 47.6 Å². The van der Waals surface area contributed by atoms with Crippen molar-refractivity contribution >= 4 is 11.8 Å². The second kappa shape index (κ2) is 7.48. The summed E-state index contributed by atoms with van der Waals surface area (Å²) in [5.41, 5.74) is 0. The normalized spacial score (nSPS) is 18.5. The first-order valence-electron chi connectivity index (χ1n) is 7.19. The van der Waals surface area contributed by atoms with Gasteiger partial charge < -0.3 is 15.3 Å². The van der Waals surface area contributed by atoms with Gasteiger partial charge in [-0.05, 0) is 19.3 Å². The van der Waals surface area contributed by atoms with E-state index in [0.29, 0.717) is 25.9 Å². The molecule has 2 N–H and O–H groups in total. The summed E-state index contributed by atoms with van der Waals surface area (Å²) < 4.78 is 0. The predicted molar refractivity (Wildman–Crippen MR) is 73.4 cm³/mol. The second-order valence-electron chi connectivity index (χ2n) is 5.55. The Morgan fingerprint density at radius 3 is 2.32 bits per heavy atom. The first kappa shape index (κ1) is 16.0. The van der Waals surface area contributed by atoms with E-state index in [1.165, 1.54) is 0 Å². The van der Waals surface area contributed by atoms with Crippen LogP contribution in [0.1, 0.15) is 40.0 Å². The molecule has 0 unspecified atom stereocenters. The number of hydrogen-bond donors (Lipinski definition) is 2. The monoisotopic (exact) mass is 270 g/mol. The smallest absolute Gasteiger partial charge is 0.225 e. The molecule has 110 valence electrons. The molecule has 1 heterocycles. The Morgan fingerprint density at radius 1 is 1.32 bits per heavy atom. The second-order valence-corrected chi connectivity index (χ2v) is 5.55. The van der Waals surface area contributed by atoms with Gasteiger partial charge in [0.25, 0.3) is 0 Å². The molecule has 19 heavy (non-hydrogen) atoms. The van der Waals surface area contributed by atoms with Gasteiger partial charge in [0.1, 0.15) is 0 Å². The van der Waals surface area contributed by atoms with Crippen LogP contribution in [0.3, 0.4) is 0 Å². The van der Waals surface area contributed by atoms with Crippen LogP contribution in [0.4, 0.5) is 0 Å². The number of piperidine rings is 1. The maximum atomic E-state index is 12.0. The Labute approximate surface area is 115 Å². The number of rotatable bonds is 5. The van der Waals surface area contributed by atoms with Crippen molar-refractivity contribution in [3.63, 3.8) is 0 Å². The summed E-state index contributed by atoms with van der Waals surface area (Å²) in [6.07, 6.45) is 2.16. The van der Waals surface area contributed by atoms with Crippen molar-refractivity contribution in [2.45, 2.75) is 46.1 Å². The first-order valence-corrected chi connectivity index (χ1v) is 7.19. The summed E-state index contributed by atoms with van der Waals surface area (Å²) in [5, 5.41) is 11.9. The van der Waals surface area contributed by atoms with Gasteiger partial charge >= 0.3 is 0 Å². The summed E-state index contributed by atoms with van der Waals surface area (Å²) in [5.74, 6) is 0.166. The first-order chi connectivity index (χ1) is 8.99. The Morgan fingerprint density at radius 2 is 1.89 bits per heavy atom. The van der Waals surface area contributed by atoms with Crippen LogP contribution in [0, 0.1) is 11.8 Å². The molecular weight excluding hydrogens is 244 g/mol. The Bertz CT molecular complexity index is 306.